The fourth-order valence-electron chi connectivity index (χ4n) is 1.70. The van der Waals surface area contributed by atoms with E-state index in [4.69, 9.17) is 22.0 Å². The summed E-state index contributed by atoms with van der Waals surface area (Å²) in [6, 6.07) is 7.38. The Hall–Kier alpha value is -1.99. The predicted octanol–water partition coefficient (Wildman–Crippen LogP) is 3.03. The van der Waals surface area contributed by atoms with Crippen molar-refractivity contribution in [3.8, 4) is 6.07 Å². The first kappa shape index (κ1) is 15.1. The van der Waals surface area contributed by atoms with E-state index in [9.17, 15) is 4.79 Å². The normalized spacial score (nSPS) is 12.1. The van der Waals surface area contributed by atoms with Gasteiger partial charge in [0.25, 0.3) is 0 Å². The molecule has 0 heterocycles. The van der Waals surface area contributed by atoms with E-state index in [-0.39, 0.29) is 5.92 Å². The molecule has 1 aromatic carbocycles. The third-order valence-corrected chi connectivity index (χ3v) is 2.81. The molecule has 19 heavy (non-hydrogen) atoms. The zero-order valence-electron chi connectivity index (χ0n) is 10.8. The van der Waals surface area contributed by atoms with Crippen LogP contribution in [0.15, 0.2) is 24.3 Å². The molecule has 1 rings (SSSR count). The molecular formula is C14H15ClN2O2. The molecule has 100 valence electrons. The summed E-state index contributed by atoms with van der Waals surface area (Å²) < 4.78 is 0. The number of hydrogen-bond acceptors (Lipinski definition) is 3. The number of hydrogen-bond donors (Lipinski definition) is 1. The average Bonchev–Trinajstić information content (AvgIpc) is 2.36. The first-order valence-corrected chi connectivity index (χ1v) is 6.13. The van der Waals surface area contributed by atoms with Crippen LogP contribution in [-0.2, 0) is 4.79 Å². The van der Waals surface area contributed by atoms with E-state index in [1.165, 1.54) is 6.08 Å². The number of aliphatic carboxylic acids is 1. The summed E-state index contributed by atoms with van der Waals surface area (Å²) in [6.07, 6.45) is 2.59. The summed E-state index contributed by atoms with van der Waals surface area (Å²) in [5.74, 6) is -1.13. The van der Waals surface area contributed by atoms with Gasteiger partial charge in [-0.15, -0.1) is 0 Å². The van der Waals surface area contributed by atoms with Crippen molar-refractivity contribution in [3.05, 3.63) is 34.9 Å². The highest BCUT2D eigenvalue weighted by molar-refractivity contribution is 6.31. The van der Waals surface area contributed by atoms with Gasteiger partial charge in [-0.1, -0.05) is 17.7 Å². The van der Waals surface area contributed by atoms with E-state index in [1.54, 1.807) is 18.2 Å². The molecule has 1 unspecified atom stereocenters. The van der Waals surface area contributed by atoms with Crippen LogP contribution in [-0.4, -0.2) is 24.7 Å². The lowest BCUT2D eigenvalue weighted by atomic mass is 10.1. The Balaban J connectivity index is 3.06. The molecule has 1 aromatic rings. The van der Waals surface area contributed by atoms with Crippen molar-refractivity contribution >= 4 is 29.3 Å². The van der Waals surface area contributed by atoms with Crippen LogP contribution in [0.25, 0.3) is 6.08 Å². The van der Waals surface area contributed by atoms with E-state index >= 15 is 0 Å². The van der Waals surface area contributed by atoms with Crippen molar-refractivity contribution < 1.29 is 9.90 Å². The lowest BCUT2D eigenvalue weighted by Crippen LogP contribution is -2.23. The molecule has 1 N–H and O–H groups in total. The maximum absolute atomic E-state index is 10.6. The second-order valence-corrected chi connectivity index (χ2v) is 4.72. The van der Waals surface area contributed by atoms with Gasteiger partial charge in [-0.25, -0.2) is 4.79 Å². The van der Waals surface area contributed by atoms with Crippen LogP contribution in [0.4, 0.5) is 5.69 Å². The largest absolute Gasteiger partial charge is 0.478 e. The number of nitriles is 1. The molecule has 4 nitrogen and oxygen atoms in total. The number of anilines is 1. The Morgan fingerprint density at radius 1 is 1.63 bits per heavy atom. The van der Waals surface area contributed by atoms with Crippen LogP contribution in [0.5, 0.6) is 0 Å². The van der Waals surface area contributed by atoms with Gasteiger partial charge in [0, 0.05) is 30.4 Å². The Kier molecular flexibility index (Phi) is 5.40. The molecule has 0 aliphatic carbocycles. The summed E-state index contributed by atoms with van der Waals surface area (Å²) in [7, 11) is 1.84. The molecule has 0 aromatic heterocycles. The molecule has 1 atom stereocenters. The van der Waals surface area contributed by atoms with E-state index in [1.807, 2.05) is 18.9 Å². The summed E-state index contributed by atoms with van der Waals surface area (Å²) in [5, 5.41) is 18.1. The highest BCUT2D eigenvalue weighted by atomic mass is 35.5. The number of nitrogens with zero attached hydrogens (tertiary/aromatic N) is 2. The minimum atomic E-state index is -1.01. The van der Waals surface area contributed by atoms with Crippen molar-refractivity contribution in [1.82, 2.24) is 0 Å². The van der Waals surface area contributed by atoms with Gasteiger partial charge in [0.15, 0.2) is 0 Å². The quantitative estimate of drug-likeness (QED) is 0.841. The van der Waals surface area contributed by atoms with Crippen molar-refractivity contribution in [2.75, 3.05) is 18.5 Å². The number of carboxylic acids is 1. The summed E-state index contributed by atoms with van der Waals surface area (Å²) in [4.78, 5) is 12.5. The van der Waals surface area contributed by atoms with Crippen LogP contribution in [0.3, 0.4) is 0 Å². The maximum Gasteiger partial charge on any atom is 0.328 e. The van der Waals surface area contributed by atoms with Gasteiger partial charge in [-0.3, -0.25) is 0 Å². The smallest absolute Gasteiger partial charge is 0.328 e. The number of halogens is 1. The highest BCUT2D eigenvalue weighted by Crippen LogP contribution is 2.25. The van der Waals surface area contributed by atoms with Gasteiger partial charge in [-0.05, 0) is 30.7 Å². The van der Waals surface area contributed by atoms with Crippen molar-refractivity contribution in [2.24, 2.45) is 5.92 Å². The van der Waals surface area contributed by atoms with Gasteiger partial charge in [-0.2, -0.15) is 5.26 Å². The Labute approximate surface area is 117 Å². The monoisotopic (exact) mass is 278 g/mol. The minimum Gasteiger partial charge on any atom is -0.478 e. The second-order valence-electron chi connectivity index (χ2n) is 4.29. The molecule has 0 saturated heterocycles. The minimum absolute atomic E-state index is 0.125. The summed E-state index contributed by atoms with van der Waals surface area (Å²) in [5.41, 5.74) is 1.55. The van der Waals surface area contributed by atoms with Crippen LogP contribution in [0.2, 0.25) is 5.02 Å². The summed E-state index contributed by atoms with van der Waals surface area (Å²) in [6.45, 7) is 2.37. The van der Waals surface area contributed by atoms with Gasteiger partial charge in [0.05, 0.1) is 12.0 Å². The van der Waals surface area contributed by atoms with Gasteiger partial charge >= 0.3 is 5.97 Å². The number of carbonyl (C=O) groups is 1. The lowest BCUT2D eigenvalue weighted by Gasteiger charge is -2.22. The standard InChI is InChI=1S/C14H15ClN2O2/c1-10(8-16)9-17(2)13-7-12(15)5-3-11(13)4-6-14(18)19/h3-7,10H,9H2,1-2H3,(H,18,19)/b6-4+. The van der Waals surface area contributed by atoms with Crippen LogP contribution in [0.1, 0.15) is 12.5 Å². The first-order valence-electron chi connectivity index (χ1n) is 5.75. The topological polar surface area (TPSA) is 64.3 Å². The molecule has 0 aliphatic heterocycles. The van der Waals surface area contributed by atoms with E-state index < -0.39 is 5.97 Å². The molecule has 0 fully saturated rings. The van der Waals surface area contributed by atoms with Crippen molar-refractivity contribution in [2.45, 2.75) is 6.92 Å². The number of carboxylic acid groups (broad SMARTS) is 1. The molecule has 0 saturated carbocycles. The second kappa shape index (κ2) is 6.81. The van der Waals surface area contributed by atoms with E-state index in [2.05, 4.69) is 6.07 Å². The molecule has 0 aliphatic rings. The SMILES string of the molecule is CC(C#N)CN(C)c1cc(Cl)ccc1/C=C/C(=O)O. The Bertz CT molecular complexity index is 535. The Morgan fingerprint density at radius 2 is 2.32 bits per heavy atom. The van der Waals surface area contributed by atoms with E-state index in [0.29, 0.717) is 11.6 Å². The third-order valence-electron chi connectivity index (χ3n) is 2.58. The first-order chi connectivity index (χ1) is 8.93. The third kappa shape index (κ3) is 4.65. The molecular weight excluding hydrogens is 264 g/mol. The lowest BCUT2D eigenvalue weighted by molar-refractivity contribution is -0.131. The van der Waals surface area contributed by atoms with Crippen molar-refractivity contribution in [1.29, 1.82) is 5.26 Å². The molecule has 0 radical (unpaired) electrons. The van der Waals surface area contributed by atoms with Crippen molar-refractivity contribution in [3.63, 3.8) is 0 Å². The zero-order valence-corrected chi connectivity index (χ0v) is 11.6. The number of benzene rings is 1. The molecule has 0 bridgehead atoms. The van der Waals surface area contributed by atoms with E-state index in [0.717, 1.165) is 17.3 Å². The maximum atomic E-state index is 10.6. The highest BCUT2D eigenvalue weighted by Gasteiger charge is 2.10. The van der Waals surface area contributed by atoms with Crippen LogP contribution in [0, 0.1) is 17.2 Å². The predicted molar refractivity (Wildman–Crippen MR) is 76.2 cm³/mol. The Morgan fingerprint density at radius 3 is 2.89 bits per heavy atom. The number of rotatable bonds is 5. The summed E-state index contributed by atoms with van der Waals surface area (Å²) >= 11 is 5.96. The fraction of sp³-hybridized carbons (Fsp3) is 0.286. The van der Waals surface area contributed by atoms with Gasteiger partial charge in [0.1, 0.15) is 0 Å². The molecule has 5 heteroatoms. The van der Waals surface area contributed by atoms with Crippen LogP contribution >= 0.6 is 11.6 Å². The average molecular weight is 279 g/mol. The fourth-order valence-corrected chi connectivity index (χ4v) is 1.87. The van der Waals surface area contributed by atoms with Gasteiger partial charge < -0.3 is 10.0 Å². The van der Waals surface area contributed by atoms with Crippen LogP contribution < -0.4 is 4.90 Å². The molecule has 0 spiro atoms. The molecule has 0 amide bonds. The zero-order chi connectivity index (χ0) is 14.4. The van der Waals surface area contributed by atoms with Gasteiger partial charge in [0.2, 0.25) is 0 Å².